The monoisotopic (exact) mass is 216 g/mol. The van der Waals surface area contributed by atoms with Crippen LogP contribution in [0.2, 0.25) is 0 Å². The number of methoxy groups -OCH3 is 1. The van der Waals surface area contributed by atoms with Crippen LogP contribution in [0, 0.1) is 0 Å². The summed E-state index contributed by atoms with van der Waals surface area (Å²) < 4.78 is 9.48. The summed E-state index contributed by atoms with van der Waals surface area (Å²) in [5, 5.41) is 8.39. The summed E-state index contributed by atoms with van der Waals surface area (Å²) in [6, 6.07) is 0. The first kappa shape index (κ1) is 13.5. The molecule has 86 valence electrons. The highest BCUT2D eigenvalue weighted by atomic mass is 16.5. The van der Waals surface area contributed by atoms with E-state index in [2.05, 4.69) is 4.74 Å². The summed E-state index contributed by atoms with van der Waals surface area (Å²) in [5.41, 5.74) is 0. The van der Waals surface area contributed by atoms with Crippen molar-refractivity contribution in [2.24, 2.45) is 0 Å². The van der Waals surface area contributed by atoms with Gasteiger partial charge in [-0.3, -0.25) is 4.79 Å². The minimum atomic E-state index is -0.813. The van der Waals surface area contributed by atoms with Gasteiger partial charge in [-0.1, -0.05) is 0 Å². The second-order valence-corrected chi connectivity index (χ2v) is 3.06. The van der Waals surface area contributed by atoms with Gasteiger partial charge in [0.2, 0.25) is 0 Å². The Kier molecular flexibility index (Phi) is 7.05. The molecule has 0 aromatic carbocycles. The van der Waals surface area contributed by atoms with Gasteiger partial charge in [-0.2, -0.15) is 0 Å². The Morgan fingerprint density at radius 1 is 1.47 bits per heavy atom. The van der Waals surface area contributed by atoms with Crippen LogP contribution in [0.3, 0.4) is 0 Å². The maximum Gasteiger partial charge on any atom is 0.333 e. The van der Waals surface area contributed by atoms with Gasteiger partial charge in [0.1, 0.15) is 0 Å². The fraction of sp³-hybridized carbons (Fsp3) is 0.600. The lowest BCUT2D eigenvalue weighted by Gasteiger charge is -2.09. The third-order valence-electron chi connectivity index (χ3n) is 1.72. The third kappa shape index (κ3) is 8.80. The molecular weight excluding hydrogens is 200 g/mol. The number of rotatable bonds is 7. The Labute approximate surface area is 88.7 Å². The lowest BCUT2D eigenvalue weighted by molar-refractivity contribution is -0.137. The Balaban J connectivity index is 3.56. The molecule has 0 saturated carbocycles. The minimum absolute atomic E-state index is 0.106. The van der Waals surface area contributed by atoms with E-state index in [0.717, 1.165) is 0 Å². The number of carbonyl (C=O) groups is 2. The number of aliphatic carboxylic acids is 1. The van der Waals surface area contributed by atoms with E-state index < -0.39 is 11.9 Å². The van der Waals surface area contributed by atoms with Crippen LogP contribution in [-0.2, 0) is 19.1 Å². The molecule has 0 aliphatic carbocycles. The molecule has 1 atom stereocenters. The van der Waals surface area contributed by atoms with Crippen LogP contribution in [-0.4, -0.2) is 30.3 Å². The van der Waals surface area contributed by atoms with E-state index in [1.807, 2.05) is 6.92 Å². The Morgan fingerprint density at radius 3 is 2.67 bits per heavy atom. The molecule has 0 amide bonds. The molecule has 5 nitrogen and oxygen atoms in total. The average molecular weight is 216 g/mol. The second kappa shape index (κ2) is 7.84. The summed E-state index contributed by atoms with van der Waals surface area (Å²) in [4.78, 5) is 20.8. The summed E-state index contributed by atoms with van der Waals surface area (Å²) >= 11 is 0. The highest BCUT2D eigenvalue weighted by Gasteiger charge is 2.03. The van der Waals surface area contributed by atoms with E-state index in [1.165, 1.54) is 19.4 Å². The van der Waals surface area contributed by atoms with Crippen LogP contribution in [0.15, 0.2) is 12.3 Å². The van der Waals surface area contributed by atoms with Crippen LogP contribution < -0.4 is 0 Å². The number of hydrogen-bond donors (Lipinski definition) is 1. The first-order valence-corrected chi connectivity index (χ1v) is 4.68. The molecule has 0 fully saturated rings. The van der Waals surface area contributed by atoms with Crippen LogP contribution in [0.5, 0.6) is 0 Å². The fourth-order valence-electron chi connectivity index (χ4n) is 0.906. The summed E-state index contributed by atoms with van der Waals surface area (Å²) in [5.74, 6) is -1.29. The summed E-state index contributed by atoms with van der Waals surface area (Å²) in [7, 11) is 1.28. The predicted molar refractivity (Wildman–Crippen MR) is 53.2 cm³/mol. The third-order valence-corrected chi connectivity index (χ3v) is 1.72. The Bertz CT molecular complexity index is 234. The number of hydrogen-bond acceptors (Lipinski definition) is 4. The van der Waals surface area contributed by atoms with Gasteiger partial charge in [0.15, 0.2) is 0 Å². The SMILES string of the molecule is COC(=O)/C=C/OC(C)CCCC(=O)O. The molecule has 15 heavy (non-hydrogen) atoms. The quantitative estimate of drug-likeness (QED) is 0.395. The highest BCUT2D eigenvalue weighted by molar-refractivity contribution is 5.81. The lowest BCUT2D eigenvalue weighted by Crippen LogP contribution is -2.06. The molecule has 0 radical (unpaired) electrons. The smallest absolute Gasteiger partial charge is 0.333 e. The van der Waals surface area contributed by atoms with Crippen LogP contribution >= 0.6 is 0 Å². The molecule has 0 bridgehead atoms. The van der Waals surface area contributed by atoms with E-state index in [0.29, 0.717) is 12.8 Å². The molecule has 0 aromatic heterocycles. The van der Waals surface area contributed by atoms with Gasteiger partial charge in [-0.25, -0.2) is 4.79 Å². The topological polar surface area (TPSA) is 72.8 Å². The standard InChI is InChI=1S/C10H16O5/c1-8(4-3-5-9(11)12)15-7-6-10(13)14-2/h6-8H,3-5H2,1-2H3,(H,11,12)/b7-6+. The van der Waals surface area contributed by atoms with Crippen molar-refractivity contribution < 1.29 is 24.2 Å². The molecule has 0 spiro atoms. The number of ether oxygens (including phenoxy) is 2. The van der Waals surface area contributed by atoms with Gasteiger partial charge in [-0.15, -0.1) is 0 Å². The predicted octanol–water partition coefficient (Wildman–Crippen LogP) is 1.33. The highest BCUT2D eigenvalue weighted by Crippen LogP contribution is 2.04. The minimum Gasteiger partial charge on any atom is -0.498 e. The number of esters is 1. The molecule has 0 aliphatic rings. The van der Waals surface area contributed by atoms with Gasteiger partial charge in [-0.05, 0) is 19.8 Å². The van der Waals surface area contributed by atoms with Gasteiger partial charge in [0.25, 0.3) is 0 Å². The van der Waals surface area contributed by atoms with Crippen molar-refractivity contribution >= 4 is 11.9 Å². The van der Waals surface area contributed by atoms with Crippen LogP contribution in [0.25, 0.3) is 0 Å². The van der Waals surface area contributed by atoms with Crippen molar-refractivity contribution in [1.29, 1.82) is 0 Å². The normalized spacial score (nSPS) is 12.4. The molecule has 1 N–H and O–H groups in total. The number of carboxylic acids is 1. The lowest BCUT2D eigenvalue weighted by atomic mass is 10.2. The molecule has 0 aromatic rings. The first-order chi connectivity index (χ1) is 7.06. The second-order valence-electron chi connectivity index (χ2n) is 3.06. The van der Waals surface area contributed by atoms with Crippen molar-refractivity contribution in [2.45, 2.75) is 32.3 Å². The van der Waals surface area contributed by atoms with Crippen molar-refractivity contribution in [3.63, 3.8) is 0 Å². The van der Waals surface area contributed by atoms with Crippen LogP contribution in [0.1, 0.15) is 26.2 Å². The molecule has 0 saturated heterocycles. The zero-order valence-corrected chi connectivity index (χ0v) is 8.93. The van der Waals surface area contributed by atoms with E-state index in [-0.39, 0.29) is 12.5 Å². The maximum atomic E-state index is 10.6. The van der Waals surface area contributed by atoms with E-state index >= 15 is 0 Å². The summed E-state index contributed by atoms with van der Waals surface area (Å²) in [6.07, 6.45) is 3.66. The maximum absolute atomic E-state index is 10.6. The zero-order valence-electron chi connectivity index (χ0n) is 8.93. The molecule has 5 heteroatoms. The van der Waals surface area contributed by atoms with Crippen molar-refractivity contribution in [2.75, 3.05) is 7.11 Å². The molecule has 0 heterocycles. The largest absolute Gasteiger partial charge is 0.498 e. The Morgan fingerprint density at radius 2 is 2.13 bits per heavy atom. The van der Waals surface area contributed by atoms with Gasteiger partial charge >= 0.3 is 11.9 Å². The fourth-order valence-corrected chi connectivity index (χ4v) is 0.906. The molecule has 0 aliphatic heterocycles. The van der Waals surface area contributed by atoms with Crippen LogP contribution in [0.4, 0.5) is 0 Å². The van der Waals surface area contributed by atoms with E-state index in [1.54, 1.807) is 0 Å². The molecule has 0 rings (SSSR count). The molecular formula is C10H16O5. The summed E-state index contributed by atoms with van der Waals surface area (Å²) in [6.45, 7) is 1.81. The Hall–Kier alpha value is -1.52. The zero-order chi connectivity index (χ0) is 11.7. The van der Waals surface area contributed by atoms with Crippen molar-refractivity contribution in [1.82, 2.24) is 0 Å². The van der Waals surface area contributed by atoms with Crippen molar-refractivity contribution in [3.05, 3.63) is 12.3 Å². The number of carbonyl (C=O) groups excluding carboxylic acids is 1. The van der Waals surface area contributed by atoms with E-state index in [4.69, 9.17) is 9.84 Å². The van der Waals surface area contributed by atoms with Gasteiger partial charge < -0.3 is 14.6 Å². The average Bonchev–Trinajstić information content (AvgIpc) is 2.17. The molecule has 1 unspecified atom stereocenters. The van der Waals surface area contributed by atoms with E-state index in [9.17, 15) is 9.59 Å². The number of carboxylic acid groups (broad SMARTS) is 1. The first-order valence-electron chi connectivity index (χ1n) is 4.68. The van der Waals surface area contributed by atoms with Crippen molar-refractivity contribution in [3.8, 4) is 0 Å². The van der Waals surface area contributed by atoms with Gasteiger partial charge in [0.05, 0.1) is 25.6 Å². The van der Waals surface area contributed by atoms with Gasteiger partial charge in [0, 0.05) is 6.42 Å².